The van der Waals surface area contributed by atoms with Crippen molar-refractivity contribution in [3.63, 3.8) is 0 Å². The minimum Gasteiger partial charge on any atom is -0.325 e. The molecule has 0 unspecified atom stereocenters. The van der Waals surface area contributed by atoms with E-state index in [1.807, 2.05) is 0 Å². The number of nitrogens with zero attached hydrogens (tertiary/aromatic N) is 1. The quantitative estimate of drug-likeness (QED) is 0.714. The summed E-state index contributed by atoms with van der Waals surface area (Å²) >= 11 is 0. The molecule has 1 heterocycles. The Labute approximate surface area is 84.3 Å². The predicted octanol–water partition coefficient (Wildman–Crippen LogP) is 0.812. The molecule has 1 amide bonds. The fraction of sp³-hybridized carbons (Fsp3) is 0.900. The number of hydrogen-bond donors (Lipinski definition) is 1. The Balaban J connectivity index is 1.86. The van der Waals surface area contributed by atoms with Gasteiger partial charge in [-0.2, -0.15) is 0 Å². The fourth-order valence-electron chi connectivity index (χ4n) is 2.29. The molecular weight excluding hydrogens is 180 g/mol. The van der Waals surface area contributed by atoms with Gasteiger partial charge in [-0.3, -0.25) is 9.63 Å². The molecule has 0 aromatic heterocycles. The van der Waals surface area contributed by atoms with E-state index in [0.29, 0.717) is 13.0 Å². The van der Waals surface area contributed by atoms with E-state index in [1.54, 1.807) is 0 Å². The van der Waals surface area contributed by atoms with Gasteiger partial charge in [0.1, 0.15) is 0 Å². The Morgan fingerprint density at radius 2 is 2.07 bits per heavy atom. The van der Waals surface area contributed by atoms with Crippen molar-refractivity contribution in [2.45, 2.75) is 44.1 Å². The van der Waals surface area contributed by atoms with E-state index in [9.17, 15) is 4.79 Å². The maximum atomic E-state index is 11.7. The highest BCUT2D eigenvalue weighted by atomic mass is 16.7. The maximum absolute atomic E-state index is 11.7. The number of rotatable bonds is 2. The van der Waals surface area contributed by atoms with Crippen LogP contribution < -0.4 is 5.73 Å². The molecule has 1 saturated carbocycles. The number of carbonyl (C=O) groups is 1. The molecule has 1 saturated heterocycles. The van der Waals surface area contributed by atoms with Crippen LogP contribution in [0.3, 0.4) is 0 Å². The third-order valence-corrected chi connectivity index (χ3v) is 3.13. The van der Waals surface area contributed by atoms with Gasteiger partial charge in [-0.15, -0.1) is 0 Å². The summed E-state index contributed by atoms with van der Waals surface area (Å²) in [5.41, 5.74) is 5.88. The first kappa shape index (κ1) is 9.93. The highest BCUT2D eigenvalue weighted by Gasteiger charge is 2.34. The van der Waals surface area contributed by atoms with Crippen molar-refractivity contribution in [3.8, 4) is 0 Å². The average Bonchev–Trinajstić information content (AvgIpc) is 2.74. The van der Waals surface area contributed by atoms with Gasteiger partial charge in [-0.25, -0.2) is 5.06 Å². The Hall–Kier alpha value is -0.610. The van der Waals surface area contributed by atoms with Gasteiger partial charge in [0, 0.05) is 12.0 Å². The van der Waals surface area contributed by atoms with Gasteiger partial charge in [0.15, 0.2) is 0 Å². The van der Waals surface area contributed by atoms with Crippen molar-refractivity contribution in [2.75, 3.05) is 13.2 Å². The molecule has 2 fully saturated rings. The first-order chi connectivity index (χ1) is 6.70. The van der Waals surface area contributed by atoms with Gasteiger partial charge < -0.3 is 5.73 Å². The Bertz CT molecular complexity index is 218. The molecule has 80 valence electrons. The van der Waals surface area contributed by atoms with E-state index in [1.165, 1.54) is 5.06 Å². The topological polar surface area (TPSA) is 55.6 Å². The summed E-state index contributed by atoms with van der Waals surface area (Å²) in [5, 5.41) is 1.48. The molecule has 0 radical (unpaired) electrons. The molecule has 0 atom stereocenters. The lowest BCUT2D eigenvalue weighted by Crippen LogP contribution is -2.42. The van der Waals surface area contributed by atoms with E-state index < -0.39 is 0 Å². The summed E-state index contributed by atoms with van der Waals surface area (Å²) in [6.45, 7) is 1.40. The first-order valence-electron chi connectivity index (χ1n) is 5.42. The lowest BCUT2D eigenvalue weighted by Gasteiger charge is -2.25. The Morgan fingerprint density at radius 1 is 1.36 bits per heavy atom. The molecule has 4 heteroatoms. The Morgan fingerprint density at radius 3 is 2.64 bits per heavy atom. The largest absolute Gasteiger partial charge is 0.325 e. The standard InChI is InChI=1S/C10H18N2O2/c11-10(4-1-2-5-10)8-9(13)12-6-3-7-14-12/h1-8,11H2. The first-order valence-corrected chi connectivity index (χ1v) is 5.42. The second-order valence-corrected chi connectivity index (χ2v) is 4.43. The van der Waals surface area contributed by atoms with Crippen LogP contribution in [-0.4, -0.2) is 29.7 Å². The van der Waals surface area contributed by atoms with Gasteiger partial charge in [0.05, 0.1) is 13.2 Å². The van der Waals surface area contributed by atoms with Crippen molar-refractivity contribution >= 4 is 5.91 Å². The molecule has 0 aromatic carbocycles. The van der Waals surface area contributed by atoms with Gasteiger partial charge in [-0.1, -0.05) is 12.8 Å². The lowest BCUT2D eigenvalue weighted by molar-refractivity contribution is -0.170. The van der Waals surface area contributed by atoms with Crippen LogP contribution in [0, 0.1) is 0 Å². The van der Waals surface area contributed by atoms with Crippen LogP contribution in [0.1, 0.15) is 38.5 Å². The van der Waals surface area contributed by atoms with E-state index >= 15 is 0 Å². The van der Waals surface area contributed by atoms with E-state index in [0.717, 1.165) is 38.6 Å². The molecule has 1 aliphatic carbocycles. The number of amides is 1. The molecule has 2 N–H and O–H groups in total. The fourth-order valence-corrected chi connectivity index (χ4v) is 2.29. The molecule has 1 aliphatic heterocycles. The summed E-state index contributed by atoms with van der Waals surface area (Å²) in [6, 6.07) is 0. The summed E-state index contributed by atoms with van der Waals surface area (Å²) in [4.78, 5) is 16.9. The van der Waals surface area contributed by atoms with Crippen molar-refractivity contribution in [2.24, 2.45) is 5.73 Å². The second kappa shape index (κ2) is 3.87. The predicted molar refractivity (Wildman–Crippen MR) is 52.3 cm³/mol. The van der Waals surface area contributed by atoms with E-state index in [2.05, 4.69) is 0 Å². The lowest BCUT2D eigenvalue weighted by atomic mass is 9.94. The van der Waals surface area contributed by atoms with Crippen molar-refractivity contribution < 1.29 is 9.63 Å². The normalized spacial score (nSPS) is 25.6. The molecule has 0 bridgehead atoms. The molecule has 2 aliphatic rings. The van der Waals surface area contributed by atoms with Crippen LogP contribution in [0.25, 0.3) is 0 Å². The zero-order chi connectivity index (χ0) is 10.0. The van der Waals surface area contributed by atoms with Crippen LogP contribution in [0.15, 0.2) is 0 Å². The van der Waals surface area contributed by atoms with Crippen LogP contribution in [0.4, 0.5) is 0 Å². The molecule has 0 spiro atoms. The Kier molecular flexibility index (Phi) is 2.74. The number of carbonyl (C=O) groups excluding carboxylic acids is 1. The molecule has 2 rings (SSSR count). The number of hydrogen-bond acceptors (Lipinski definition) is 3. The maximum Gasteiger partial charge on any atom is 0.247 e. The number of hydroxylamine groups is 2. The average molecular weight is 198 g/mol. The van der Waals surface area contributed by atoms with Gasteiger partial charge in [0.2, 0.25) is 5.91 Å². The van der Waals surface area contributed by atoms with Crippen molar-refractivity contribution in [3.05, 3.63) is 0 Å². The minimum absolute atomic E-state index is 0.0619. The molecule has 4 nitrogen and oxygen atoms in total. The SMILES string of the molecule is NC1(CC(=O)N2CCCO2)CCCC1. The second-order valence-electron chi connectivity index (χ2n) is 4.43. The summed E-state index contributed by atoms with van der Waals surface area (Å²) in [6.07, 6.45) is 5.67. The summed E-state index contributed by atoms with van der Waals surface area (Å²) < 4.78 is 0. The van der Waals surface area contributed by atoms with Crippen molar-refractivity contribution in [1.29, 1.82) is 0 Å². The molecular formula is C10H18N2O2. The van der Waals surface area contributed by atoms with Gasteiger partial charge >= 0.3 is 0 Å². The zero-order valence-corrected chi connectivity index (χ0v) is 8.50. The van der Waals surface area contributed by atoms with E-state index in [-0.39, 0.29) is 11.4 Å². The van der Waals surface area contributed by atoms with E-state index in [4.69, 9.17) is 10.6 Å². The van der Waals surface area contributed by atoms with Gasteiger partial charge in [0.25, 0.3) is 0 Å². The molecule has 14 heavy (non-hydrogen) atoms. The van der Waals surface area contributed by atoms with Crippen LogP contribution in [0.2, 0.25) is 0 Å². The third-order valence-electron chi connectivity index (χ3n) is 3.13. The summed E-state index contributed by atoms with van der Waals surface area (Å²) in [5.74, 6) is 0.0619. The van der Waals surface area contributed by atoms with Crippen LogP contribution >= 0.6 is 0 Å². The van der Waals surface area contributed by atoms with Crippen LogP contribution in [0.5, 0.6) is 0 Å². The van der Waals surface area contributed by atoms with Gasteiger partial charge in [-0.05, 0) is 19.3 Å². The number of nitrogens with two attached hydrogens (primary N) is 1. The monoisotopic (exact) mass is 198 g/mol. The molecule has 0 aromatic rings. The van der Waals surface area contributed by atoms with Crippen LogP contribution in [-0.2, 0) is 9.63 Å². The van der Waals surface area contributed by atoms with Crippen molar-refractivity contribution in [1.82, 2.24) is 5.06 Å². The summed E-state index contributed by atoms with van der Waals surface area (Å²) in [7, 11) is 0. The smallest absolute Gasteiger partial charge is 0.247 e. The minimum atomic E-state index is -0.247. The highest BCUT2D eigenvalue weighted by Crippen LogP contribution is 2.30. The highest BCUT2D eigenvalue weighted by molar-refractivity contribution is 5.76. The third kappa shape index (κ3) is 2.07. The zero-order valence-electron chi connectivity index (χ0n) is 8.50.